The second-order valence-electron chi connectivity index (χ2n) is 6.78. The lowest BCUT2D eigenvalue weighted by Gasteiger charge is -2.33. The third-order valence-corrected chi connectivity index (χ3v) is 5.09. The molecule has 1 aliphatic heterocycles. The van der Waals surface area contributed by atoms with E-state index in [0.717, 1.165) is 37.6 Å². The topological polar surface area (TPSA) is 74.5 Å². The molecule has 7 nitrogen and oxygen atoms in total. The zero-order chi connectivity index (χ0) is 17.4. The average Bonchev–Trinajstić information content (AvgIpc) is 3.16. The van der Waals surface area contributed by atoms with Crippen LogP contribution >= 0.6 is 0 Å². The third kappa shape index (κ3) is 3.00. The molecule has 0 spiro atoms. The molecule has 7 heteroatoms. The van der Waals surface area contributed by atoms with Crippen LogP contribution in [0.1, 0.15) is 34.2 Å². The molecule has 2 aliphatic rings. The minimum Gasteiger partial charge on any atom is -0.469 e. The summed E-state index contributed by atoms with van der Waals surface area (Å²) < 4.78 is 5.52. The molecule has 3 heterocycles. The molecule has 132 valence electrons. The highest BCUT2D eigenvalue weighted by molar-refractivity contribution is 6.03. The summed E-state index contributed by atoms with van der Waals surface area (Å²) in [5, 5.41) is 3.09. The average molecular weight is 341 g/mol. The number of likely N-dealkylation sites (N-methyl/N-ethyl adjacent to an activating group) is 1. The van der Waals surface area contributed by atoms with E-state index in [1.807, 2.05) is 19.2 Å². The minimum absolute atomic E-state index is 0.0509. The fourth-order valence-corrected chi connectivity index (χ4v) is 3.62. The van der Waals surface area contributed by atoms with E-state index >= 15 is 0 Å². The Labute approximate surface area is 147 Å². The number of hydrogen-bond donors (Lipinski definition) is 1. The molecular weight excluding hydrogens is 318 g/mol. The number of carbonyl (C=O) groups is 1. The number of ketones is 1. The van der Waals surface area contributed by atoms with E-state index in [1.165, 1.54) is 0 Å². The van der Waals surface area contributed by atoms with Gasteiger partial charge >= 0.3 is 0 Å². The van der Waals surface area contributed by atoms with Crippen molar-refractivity contribution >= 4 is 17.5 Å². The number of piperazine rings is 1. The molecule has 0 radical (unpaired) electrons. The monoisotopic (exact) mass is 341 g/mol. The Balaban J connectivity index is 1.69. The van der Waals surface area contributed by atoms with Gasteiger partial charge in [0.1, 0.15) is 11.6 Å². The Morgan fingerprint density at radius 2 is 2.00 bits per heavy atom. The van der Waals surface area contributed by atoms with Crippen molar-refractivity contribution in [3.05, 3.63) is 35.4 Å². The van der Waals surface area contributed by atoms with Gasteiger partial charge in [0.05, 0.1) is 17.5 Å². The predicted octanol–water partition coefficient (Wildman–Crippen LogP) is 1.78. The summed E-state index contributed by atoms with van der Waals surface area (Å²) in [4.78, 5) is 26.6. The second kappa shape index (κ2) is 6.48. The number of fused-ring (bicyclic) bond motifs is 1. The van der Waals surface area contributed by atoms with Crippen molar-refractivity contribution in [2.45, 2.75) is 18.8 Å². The quantitative estimate of drug-likeness (QED) is 0.912. The lowest BCUT2D eigenvalue weighted by molar-refractivity contribution is 0.0959. The first-order valence-electron chi connectivity index (χ1n) is 8.74. The van der Waals surface area contributed by atoms with Gasteiger partial charge in [-0.1, -0.05) is 0 Å². The maximum Gasteiger partial charge on any atom is 0.227 e. The third-order valence-electron chi connectivity index (χ3n) is 5.09. The van der Waals surface area contributed by atoms with Crippen LogP contribution in [0.3, 0.4) is 0 Å². The first kappa shape index (κ1) is 16.1. The van der Waals surface area contributed by atoms with Gasteiger partial charge in [0.15, 0.2) is 5.78 Å². The first-order valence-corrected chi connectivity index (χ1v) is 8.74. The highest BCUT2D eigenvalue weighted by Gasteiger charge is 2.33. The lowest BCUT2D eigenvalue weighted by Crippen LogP contribution is -2.45. The van der Waals surface area contributed by atoms with Crippen molar-refractivity contribution in [3.8, 4) is 0 Å². The number of hydrogen-bond acceptors (Lipinski definition) is 7. The Morgan fingerprint density at radius 1 is 1.20 bits per heavy atom. The molecule has 0 amide bonds. The van der Waals surface area contributed by atoms with Gasteiger partial charge in [-0.05, 0) is 19.2 Å². The summed E-state index contributed by atoms with van der Waals surface area (Å²) in [6.45, 7) is 3.77. The van der Waals surface area contributed by atoms with Crippen LogP contribution in [0.5, 0.6) is 0 Å². The fourth-order valence-electron chi connectivity index (χ4n) is 3.62. The van der Waals surface area contributed by atoms with E-state index < -0.39 is 0 Å². The molecule has 1 atom stereocenters. The van der Waals surface area contributed by atoms with Crippen LogP contribution in [0.4, 0.5) is 11.8 Å². The van der Waals surface area contributed by atoms with E-state index in [0.29, 0.717) is 30.2 Å². The van der Waals surface area contributed by atoms with Gasteiger partial charge in [0, 0.05) is 52.0 Å². The summed E-state index contributed by atoms with van der Waals surface area (Å²) in [7, 11) is 3.93. The number of Topliss-reactive ketones (excluding diaryl/α,β-unsaturated/α-hetero) is 1. The highest BCUT2D eigenvalue weighted by Crippen LogP contribution is 2.35. The fraction of sp³-hybridized carbons (Fsp3) is 0.500. The van der Waals surface area contributed by atoms with Crippen LogP contribution in [0.15, 0.2) is 22.8 Å². The van der Waals surface area contributed by atoms with Crippen molar-refractivity contribution in [2.75, 3.05) is 50.5 Å². The number of furan rings is 1. The normalized spacial score (nSPS) is 21.3. The van der Waals surface area contributed by atoms with Crippen LogP contribution in [0.25, 0.3) is 0 Å². The molecule has 0 bridgehead atoms. The number of nitrogens with one attached hydrogen (secondary N) is 1. The molecular formula is C18H23N5O2. The molecule has 0 saturated carbocycles. The second-order valence-corrected chi connectivity index (χ2v) is 6.78. The van der Waals surface area contributed by atoms with Crippen LogP contribution in [0, 0.1) is 0 Å². The van der Waals surface area contributed by atoms with Crippen LogP contribution in [0.2, 0.25) is 0 Å². The van der Waals surface area contributed by atoms with Crippen molar-refractivity contribution in [1.82, 2.24) is 14.9 Å². The van der Waals surface area contributed by atoms with Gasteiger partial charge in [-0.15, -0.1) is 0 Å². The Morgan fingerprint density at radius 3 is 2.68 bits per heavy atom. The molecule has 1 N–H and O–H groups in total. The standard InChI is InChI=1S/C18H23N5O2/c1-19-17-16-13(10-12(11-14(16)24)15-4-3-9-25-15)20-18(21-17)23-7-5-22(2)6-8-23/h3-4,9,12H,5-8,10-11H2,1-2H3,(H,19,20,21). The number of aromatic nitrogens is 2. The zero-order valence-corrected chi connectivity index (χ0v) is 14.7. The van der Waals surface area contributed by atoms with E-state index in [4.69, 9.17) is 9.40 Å². The maximum atomic E-state index is 12.7. The van der Waals surface area contributed by atoms with Gasteiger partial charge < -0.3 is 19.5 Å². The number of anilines is 2. The number of nitrogens with zero attached hydrogens (tertiary/aromatic N) is 4. The number of rotatable bonds is 3. The van der Waals surface area contributed by atoms with Crippen molar-refractivity contribution < 1.29 is 9.21 Å². The van der Waals surface area contributed by atoms with Gasteiger partial charge in [-0.2, -0.15) is 4.98 Å². The molecule has 0 aromatic carbocycles. The van der Waals surface area contributed by atoms with Crippen molar-refractivity contribution in [2.24, 2.45) is 0 Å². The highest BCUT2D eigenvalue weighted by atomic mass is 16.3. The first-order chi connectivity index (χ1) is 12.2. The van der Waals surface area contributed by atoms with E-state index in [9.17, 15) is 4.79 Å². The van der Waals surface area contributed by atoms with E-state index in [1.54, 1.807) is 6.26 Å². The van der Waals surface area contributed by atoms with Crippen LogP contribution in [-0.2, 0) is 6.42 Å². The van der Waals surface area contributed by atoms with Crippen molar-refractivity contribution in [3.63, 3.8) is 0 Å². The smallest absolute Gasteiger partial charge is 0.227 e. The molecule has 25 heavy (non-hydrogen) atoms. The lowest BCUT2D eigenvalue weighted by atomic mass is 9.84. The van der Waals surface area contributed by atoms with Crippen molar-refractivity contribution in [1.29, 1.82) is 0 Å². The minimum atomic E-state index is 0.0509. The van der Waals surface area contributed by atoms with Gasteiger partial charge in [0.25, 0.3) is 0 Å². The Hall–Kier alpha value is -2.41. The van der Waals surface area contributed by atoms with Crippen LogP contribution in [-0.4, -0.2) is 60.9 Å². The van der Waals surface area contributed by atoms with Crippen LogP contribution < -0.4 is 10.2 Å². The molecule has 2 aromatic heterocycles. The summed E-state index contributed by atoms with van der Waals surface area (Å²) in [5.74, 6) is 2.34. The summed E-state index contributed by atoms with van der Waals surface area (Å²) >= 11 is 0. The number of carbonyl (C=O) groups excluding carboxylic acids is 1. The SMILES string of the molecule is CNc1nc(N2CCN(C)CC2)nc2c1C(=O)CC(c1ccco1)C2. The molecule has 1 unspecified atom stereocenters. The van der Waals surface area contributed by atoms with Gasteiger partial charge in [-0.25, -0.2) is 4.98 Å². The molecule has 2 aromatic rings. The van der Waals surface area contributed by atoms with E-state index in [-0.39, 0.29) is 11.7 Å². The summed E-state index contributed by atoms with van der Waals surface area (Å²) in [6.07, 6.45) is 2.79. The van der Waals surface area contributed by atoms with Gasteiger partial charge in [-0.3, -0.25) is 4.79 Å². The molecule has 1 fully saturated rings. The summed E-state index contributed by atoms with van der Waals surface area (Å²) in [6, 6.07) is 3.80. The Kier molecular flexibility index (Phi) is 4.17. The Bertz CT molecular complexity index is 766. The predicted molar refractivity (Wildman–Crippen MR) is 95.4 cm³/mol. The maximum absolute atomic E-state index is 12.7. The molecule has 1 saturated heterocycles. The molecule has 4 rings (SSSR count). The van der Waals surface area contributed by atoms with Gasteiger partial charge in [0.2, 0.25) is 5.95 Å². The largest absolute Gasteiger partial charge is 0.469 e. The summed E-state index contributed by atoms with van der Waals surface area (Å²) in [5.41, 5.74) is 1.47. The molecule has 1 aliphatic carbocycles. The zero-order valence-electron chi connectivity index (χ0n) is 14.7. The van der Waals surface area contributed by atoms with E-state index in [2.05, 4.69) is 27.1 Å².